The van der Waals surface area contributed by atoms with Crippen LogP contribution in [-0.2, 0) is 25.9 Å². The summed E-state index contributed by atoms with van der Waals surface area (Å²) in [7, 11) is 0. The molecule has 0 aliphatic carbocycles. The Bertz CT molecular complexity index is 869. The summed E-state index contributed by atoms with van der Waals surface area (Å²) in [5.74, 6) is 2.06. The lowest BCUT2D eigenvalue weighted by molar-refractivity contribution is 0.356. The van der Waals surface area contributed by atoms with Gasteiger partial charge in [-0.2, -0.15) is 5.10 Å². The maximum atomic E-state index is 4.76. The quantitative estimate of drug-likeness (QED) is 0.797. The Morgan fingerprint density at radius 2 is 1.96 bits per heavy atom. The number of nitrogens with zero attached hydrogens (tertiary/aromatic N) is 5. The molecule has 2 aromatic heterocycles. The van der Waals surface area contributed by atoms with Crippen LogP contribution in [-0.4, -0.2) is 30.8 Å². The van der Waals surface area contributed by atoms with Crippen molar-refractivity contribution in [1.29, 1.82) is 0 Å². The average molecular weight is 322 g/mol. The standard InChI is InChI=1S/C18H22N6/c1-3-17-22-18-9-8-13(11-24(18)23-17)19-10-16-12(2)20-14-6-4-5-7-15(14)21-16/h4-7,13,19H,3,8-11H2,1-2H3/t13-/m1/s1. The Balaban J connectivity index is 1.46. The summed E-state index contributed by atoms with van der Waals surface area (Å²) in [5.41, 5.74) is 3.92. The van der Waals surface area contributed by atoms with Crippen molar-refractivity contribution in [2.24, 2.45) is 0 Å². The molecule has 24 heavy (non-hydrogen) atoms. The highest BCUT2D eigenvalue weighted by Gasteiger charge is 2.21. The zero-order chi connectivity index (χ0) is 16.5. The van der Waals surface area contributed by atoms with E-state index in [1.165, 1.54) is 0 Å². The van der Waals surface area contributed by atoms with Gasteiger partial charge in [-0.15, -0.1) is 0 Å². The van der Waals surface area contributed by atoms with E-state index in [9.17, 15) is 0 Å². The van der Waals surface area contributed by atoms with Crippen LogP contribution in [0, 0.1) is 6.92 Å². The lowest BCUT2D eigenvalue weighted by atomic mass is 10.1. The molecule has 4 rings (SSSR count). The fourth-order valence-electron chi connectivity index (χ4n) is 3.21. The summed E-state index contributed by atoms with van der Waals surface area (Å²) in [6, 6.07) is 8.42. The summed E-state index contributed by atoms with van der Waals surface area (Å²) in [5, 5.41) is 8.19. The Morgan fingerprint density at radius 1 is 1.17 bits per heavy atom. The first kappa shape index (κ1) is 15.2. The maximum Gasteiger partial charge on any atom is 0.150 e. The Kier molecular flexibility index (Phi) is 3.98. The smallest absolute Gasteiger partial charge is 0.150 e. The molecule has 0 bridgehead atoms. The van der Waals surface area contributed by atoms with E-state index < -0.39 is 0 Å². The molecule has 3 aromatic rings. The molecule has 1 aromatic carbocycles. The number of para-hydroxylation sites is 2. The molecule has 0 spiro atoms. The molecule has 0 fully saturated rings. The van der Waals surface area contributed by atoms with Gasteiger partial charge >= 0.3 is 0 Å². The van der Waals surface area contributed by atoms with Crippen molar-refractivity contribution in [2.45, 2.75) is 52.2 Å². The van der Waals surface area contributed by atoms with Gasteiger partial charge in [0.1, 0.15) is 5.82 Å². The molecule has 1 aliphatic heterocycles. The van der Waals surface area contributed by atoms with Gasteiger partial charge in [0.05, 0.1) is 29.0 Å². The summed E-state index contributed by atoms with van der Waals surface area (Å²) >= 11 is 0. The predicted molar refractivity (Wildman–Crippen MR) is 92.6 cm³/mol. The minimum Gasteiger partial charge on any atom is -0.306 e. The van der Waals surface area contributed by atoms with E-state index in [0.29, 0.717) is 6.04 Å². The zero-order valence-electron chi connectivity index (χ0n) is 14.2. The zero-order valence-corrected chi connectivity index (χ0v) is 14.2. The van der Waals surface area contributed by atoms with Crippen LogP contribution in [0.3, 0.4) is 0 Å². The van der Waals surface area contributed by atoms with Crippen LogP contribution >= 0.6 is 0 Å². The van der Waals surface area contributed by atoms with Crippen molar-refractivity contribution in [3.63, 3.8) is 0 Å². The number of rotatable bonds is 4. The molecule has 6 nitrogen and oxygen atoms in total. The van der Waals surface area contributed by atoms with Crippen LogP contribution in [0.2, 0.25) is 0 Å². The van der Waals surface area contributed by atoms with E-state index in [-0.39, 0.29) is 0 Å². The lowest BCUT2D eigenvalue weighted by Crippen LogP contribution is -2.37. The molecule has 6 heteroatoms. The van der Waals surface area contributed by atoms with Crippen molar-refractivity contribution in [3.8, 4) is 0 Å². The number of benzene rings is 1. The summed E-state index contributed by atoms with van der Waals surface area (Å²) in [6.07, 6.45) is 2.96. The van der Waals surface area contributed by atoms with Gasteiger partial charge in [-0.1, -0.05) is 19.1 Å². The van der Waals surface area contributed by atoms with Crippen molar-refractivity contribution < 1.29 is 0 Å². The molecular formula is C18H22N6. The lowest BCUT2D eigenvalue weighted by Gasteiger charge is -2.23. The van der Waals surface area contributed by atoms with E-state index in [2.05, 4.69) is 32.0 Å². The van der Waals surface area contributed by atoms with Crippen LogP contribution in [0.15, 0.2) is 24.3 Å². The molecule has 0 saturated heterocycles. The summed E-state index contributed by atoms with van der Waals surface area (Å²) < 4.78 is 2.05. The number of aromatic nitrogens is 5. The molecule has 0 amide bonds. The van der Waals surface area contributed by atoms with Gasteiger partial charge in [-0.25, -0.2) is 19.6 Å². The fraction of sp³-hybridized carbons (Fsp3) is 0.444. The van der Waals surface area contributed by atoms with Crippen LogP contribution in [0.25, 0.3) is 11.0 Å². The monoisotopic (exact) mass is 322 g/mol. The normalized spacial score (nSPS) is 17.2. The van der Waals surface area contributed by atoms with Crippen LogP contribution in [0.5, 0.6) is 0 Å². The highest BCUT2D eigenvalue weighted by Crippen LogP contribution is 2.15. The third-order valence-electron chi connectivity index (χ3n) is 4.62. The highest BCUT2D eigenvalue weighted by molar-refractivity contribution is 5.74. The van der Waals surface area contributed by atoms with Gasteiger partial charge in [-0.05, 0) is 25.5 Å². The van der Waals surface area contributed by atoms with Crippen molar-refractivity contribution in [1.82, 2.24) is 30.0 Å². The third-order valence-corrected chi connectivity index (χ3v) is 4.62. The van der Waals surface area contributed by atoms with Gasteiger partial charge in [0.15, 0.2) is 5.82 Å². The average Bonchev–Trinajstić information content (AvgIpc) is 3.02. The first-order chi connectivity index (χ1) is 11.7. The predicted octanol–water partition coefficient (Wildman–Crippen LogP) is 2.20. The van der Waals surface area contributed by atoms with Crippen molar-refractivity contribution >= 4 is 11.0 Å². The second-order valence-corrected chi connectivity index (χ2v) is 6.34. The summed E-state index contributed by atoms with van der Waals surface area (Å²) in [4.78, 5) is 14.0. The molecule has 0 radical (unpaired) electrons. The molecule has 124 valence electrons. The van der Waals surface area contributed by atoms with Crippen molar-refractivity contribution in [2.75, 3.05) is 0 Å². The Labute approximate surface area is 141 Å². The SMILES string of the molecule is CCc1nc2n(n1)C[C@H](NCc1nc3ccccc3nc1C)CC2. The highest BCUT2D eigenvalue weighted by atomic mass is 15.4. The summed E-state index contributed by atoms with van der Waals surface area (Å²) in [6.45, 7) is 5.74. The minimum atomic E-state index is 0.400. The third kappa shape index (κ3) is 2.89. The molecule has 3 heterocycles. The van der Waals surface area contributed by atoms with E-state index in [0.717, 1.165) is 66.4 Å². The molecular weight excluding hydrogens is 300 g/mol. The minimum absolute atomic E-state index is 0.400. The number of nitrogens with one attached hydrogen (secondary N) is 1. The number of hydrogen-bond acceptors (Lipinski definition) is 5. The maximum absolute atomic E-state index is 4.76. The molecule has 1 N–H and O–H groups in total. The van der Waals surface area contributed by atoms with Crippen molar-refractivity contribution in [3.05, 3.63) is 47.3 Å². The number of hydrogen-bond donors (Lipinski definition) is 1. The molecule has 0 unspecified atom stereocenters. The van der Waals surface area contributed by atoms with E-state index in [1.54, 1.807) is 0 Å². The van der Waals surface area contributed by atoms with Gasteiger partial charge in [0, 0.05) is 25.4 Å². The topological polar surface area (TPSA) is 68.5 Å². The van der Waals surface area contributed by atoms with E-state index in [4.69, 9.17) is 4.98 Å². The second kappa shape index (κ2) is 6.28. The van der Waals surface area contributed by atoms with Crippen LogP contribution in [0.4, 0.5) is 0 Å². The first-order valence-electron chi connectivity index (χ1n) is 8.61. The largest absolute Gasteiger partial charge is 0.306 e. The van der Waals surface area contributed by atoms with Gasteiger partial charge < -0.3 is 5.32 Å². The molecule has 1 aliphatic rings. The Hall–Kier alpha value is -2.34. The van der Waals surface area contributed by atoms with Gasteiger partial charge in [-0.3, -0.25) is 0 Å². The first-order valence-corrected chi connectivity index (χ1v) is 8.61. The Morgan fingerprint density at radius 3 is 2.75 bits per heavy atom. The van der Waals surface area contributed by atoms with Gasteiger partial charge in [0.2, 0.25) is 0 Å². The number of aryl methyl sites for hydroxylation is 3. The van der Waals surface area contributed by atoms with Crippen LogP contribution in [0.1, 0.15) is 36.4 Å². The fourth-order valence-corrected chi connectivity index (χ4v) is 3.21. The molecule has 1 atom stereocenters. The van der Waals surface area contributed by atoms with Gasteiger partial charge in [0.25, 0.3) is 0 Å². The van der Waals surface area contributed by atoms with Crippen LogP contribution < -0.4 is 5.32 Å². The number of fused-ring (bicyclic) bond motifs is 2. The second-order valence-electron chi connectivity index (χ2n) is 6.34. The molecule has 0 saturated carbocycles. The van der Waals surface area contributed by atoms with E-state index >= 15 is 0 Å². The van der Waals surface area contributed by atoms with E-state index in [1.807, 2.05) is 31.2 Å².